The van der Waals surface area contributed by atoms with Gasteiger partial charge in [-0.2, -0.15) is 0 Å². The summed E-state index contributed by atoms with van der Waals surface area (Å²) in [5, 5.41) is 2.95. The van der Waals surface area contributed by atoms with Crippen molar-refractivity contribution in [3.63, 3.8) is 0 Å². The van der Waals surface area contributed by atoms with Crippen LogP contribution < -0.4 is 5.32 Å². The molecule has 1 N–H and O–H groups in total. The van der Waals surface area contributed by atoms with Crippen LogP contribution in [-0.4, -0.2) is 11.7 Å². The minimum absolute atomic E-state index is 0.0509. The summed E-state index contributed by atoms with van der Waals surface area (Å²) in [4.78, 5) is 12.0. The molecule has 0 fully saturated rings. The van der Waals surface area contributed by atoms with E-state index < -0.39 is 0 Å². The van der Waals surface area contributed by atoms with E-state index in [0.29, 0.717) is 11.7 Å². The van der Waals surface area contributed by atoms with Gasteiger partial charge < -0.3 is 5.32 Å². The second kappa shape index (κ2) is 8.04. The highest BCUT2D eigenvalue weighted by molar-refractivity contribution is 7.99. The summed E-state index contributed by atoms with van der Waals surface area (Å²) >= 11 is 1.64. The van der Waals surface area contributed by atoms with E-state index in [-0.39, 0.29) is 5.91 Å². The summed E-state index contributed by atoms with van der Waals surface area (Å²) < 4.78 is 0. The van der Waals surface area contributed by atoms with Gasteiger partial charge in [-0.05, 0) is 36.1 Å². The summed E-state index contributed by atoms with van der Waals surface area (Å²) in [5.74, 6) is 1.89. The number of nitrogens with one attached hydrogen (secondary N) is 1. The maximum atomic E-state index is 12.0. The molecule has 0 unspecified atom stereocenters. The zero-order valence-corrected chi connectivity index (χ0v) is 14.2. The molecule has 0 spiro atoms. The van der Waals surface area contributed by atoms with E-state index in [1.807, 2.05) is 12.1 Å². The van der Waals surface area contributed by atoms with Crippen LogP contribution in [0.25, 0.3) is 0 Å². The number of carbonyl (C=O) groups is 1. The van der Waals surface area contributed by atoms with Crippen molar-refractivity contribution in [2.75, 3.05) is 11.1 Å². The van der Waals surface area contributed by atoms with Crippen molar-refractivity contribution in [3.8, 4) is 0 Å². The monoisotopic (exact) mass is 313 g/mol. The Morgan fingerprint density at radius 3 is 2.50 bits per heavy atom. The zero-order chi connectivity index (χ0) is 15.9. The fraction of sp³-hybridized carbons (Fsp3) is 0.316. The first-order chi connectivity index (χ1) is 10.5. The topological polar surface area (TPSA) is 29.1 Å². The third kappa shape index (κ3) is 5.23. The maximum absolute atomic E-state index is 12.0. The lowest BCUT2D eigenvalue weighted by Crippen LogP contribution is -2.14. The average Bonchev–Trinajstić information content (AvgIpc) is 2.48. The van der Waals surface area contributed by atoms with E-state index in [9.17, 15) is 4.79 Å². The molecule has 22 heavy (non-hydrogen) atoms. The van der Waals surface area contributed by atoms with Crippen molar-refractivity contribution in [3.05, 3.63) is 65.2 Å². The fourth-order valence-electron chi connectivity index (χ4n) is 2.21. The Labute approximate surface area is 137 Å². The van der Waals surface area contributed by atoms with Gasteiger partial charge in [0, 0.05) is 11.4 Å². The third-order valence-electron chi connectivity index (χ3n) is 3.45. The molecule has 3 heteroatoms. The molecule has 0 radical (unpaired) electrons. The molecule has 1 amide bonds. The normalized spacial score (nSPS) is 10.7. The lowest BCUT2D eigenvalue weighted by molar-refractivity contribution is -0.113. The minimum atomic E-state index is 0.0509. The smallest absolute Gasteiger partial charge is 0.234 e. The molecular weight excluding hydrogens is 290 g/mol. The zero-order valence-electron chi connectivity index (χ0n) is 13.4. The molecule has 0 aliphatic rings. The summed E-state index contributed by atoms with van der Waals surface area (Å²) in [7, 11) is 0. The Kier molecular flexibility index (Phi) is 6.08. The first-order valence-electron chi connectivity index (χ1n) is 7.57. The van der Waals surface area contributed by atoms with Crippen LogP contribution >= 0.6 is 11.8 Å². The molecule has 0 aliphatic heterocycles. The summed E-state index contributed by atoms with van der Waals surface area (Å²) in [6.07, 6.45) is 0. The first kappa shape index (κ1) is 16.6. The van der Waals surface area contributed by atoms with Crippen LogP contribution in [0.3, 0.4) is 0 Å². The second-order valence-corrected chi connectivity index (χ2v) is 6.79. The van der Waals surface area contributed by atoms with Crippen molar-refractivity contribution in [1.29, 1.82) is 0 Å². The Hall–Kier alpha value is -1.74. The van der Waals surface area contributed by atoms with Crippen LogP contribution in [0.5, 0.6) is 0 Å². The number of amides is 1. The molecule has 2 rings (SSSR count). The molecule has 2 aromatic rings. The largest absolute Gasteiger partial charge is 0.325 e. The Morgan fingerprint density at radius 1 is 1.14 bits per heavy atom. The van der Waals surface area contributed by atoms with Crippen molar-refractivity contribution < 1.29 is 4.79 Å². The molecule has 0 atom stereocenters. The average molecular weight is 313 g/mol. The van der Waals surface area contributed by atoms with Gasteiger partial charge in [0.15, 0.2) is 0 Å². The summed E-state index contributed by atoms with van der Waals surface area (Å²) in [6, 6.07) is 16.5. The molecule has 0 heterocycles. The molecule has 2 nitrogen and oxygen atoms in total. The van der Waals surface area contributed by atoms with Gasteiger partial charge in [-0.1, -0.05) is 55.8 Å². The second-order valence-electron chi connectivity index (χ2n) is 5.81. The molecule has 0 aromatic heterocycles. The molecule has 116 valence electrons. The van der Waals surface area contributed by atoms with Crippen LogP contribution in [-0.2, 0) is 10.5 Å². The number of carbonyl (C=O) groups excluding carboxylic acids is 1. The molecular formula is C19H23NOS. The highest BCUT2D eigenvalue weighted by Gasteiger charge is 2.04. The van der Waals surface area contributed by atoms with E-state index in [2.05, 4.69) is 62.5 Å². The van der Waals surface area contributed by atoms with Gasteiger partial charge in [-0.3, -0.25) is 4.79 Å². The highest BCUT2D eigenvalue weighted by atomic mass is 32.2. The molecule has 0 bridgehead atoms. The van der Waals surface area contributed by atoms with Crippen molar-refractivity contribution >= 4 is 23.4 Å². The standard InChI is InChI=1S/C19H23NOS/c1-14(2)17-7-9-18(10-8-17)20-19(21)13-22-12-16-6-4-5-15(3)11-16/h4-11,14H,12-13H2,1-3H3,(H,20,21). The predicted octanol–water partition coefficient (Wildman–Crippen LogP) is 4.99. The van der Waals surface area contributed by atoms with Crippen LogP contribution in [0.2, 0.25) is 0 Å². The van der Waals surface area contributed by atoms with Gasteiger partial charge in [0.2, 0.25) is 5.91 Å². The number of hydrogen-bond donors (Lipinski definition) is 1. The fourth-order valence-corrected chi connectivity index (χ4v) is 2.99. The highest BCUT2D eigenvalue weighted by Crippen LogP contribution is 2.18. The number of anilines is 1. The maximum Gasteiger partial charge on any atom is 0.234 e. The van der Waals surface area contributed by atoms with Crippen molar-refractivity contribution in [2.45, 2.75) is 32.4 Å². The third-order valence-corrected chi connectivity index (χ3v) is 4.45. The Balaban J connectivity index is 1.78. The van der Waals surface area contributed by atoms with E-state index in [1.54, 1.807) is 11.8 Å². The quantitative estimate of drug-likeness (QED) is 0.814. The van der Waals surface area contributed by atoms with Gasteiger partial charge in [0.05, 0.1) is 5.75 Å². The van der Waals surface area contributed by atoms with Crippen LogP contribution in [0.15, 0.2) is 48.5 Å². The number of rotatable bonds is 6. The SMILES string of the molecule is Cc1cccc(CSCC(=O)Nc2ccc(C(C)C)cc2)c1. The number of thioether (sulfide) groups is 1. The number of aryl methyl sites for hydroxylation is 1. The van der Waals surface area contributed by atoms with E-state index >= 15 is 0 Å². The summed E-state index contributed by atoms with van der Waals surface area (Å²) in [6.45, 7) is 6.41. The Morgan fingerprint density at radius 2 is 1.86 bits per heavy atom. The van der Waals surface area contributed by atoms with Crippen LogP contribution in [0.4, 0.5) is 5.69 Å². The predicted molar refractivity (Wildman–Crippen MR) is 96.5 cm³/mol. The van der Waals surface area contributed by atoms with E-state index in [1.165, 1.54) is 16.7 Å². The Bertz CT molecular complexity index is 620. The lowest BCUT2D eigenvalue weighted by Gasteiger charge is -2.08. The van der Waals surface area contributed by atoms with E-state index in [4.69, 9.17) is 0 Å². The molecule has 0 aliphatic carbocycles. The number of benzene rings is 2. The van der Waals surface area contributed by atoms with Gasteiger partial charge in [0.1, 0.15) is 0 Å². The van der Waals surface area contributed by atoms with Gasteiger partial charge in [-0.15, -0.1) is 11.8 Å². The van der Waals surface area contributed by atoms with Gasteiger partial charge in [0.25, 0.3) is 0 Å². The van der Waals surface area contributed by atoms with Crippen molar-refractivity contribution in [2.24, 2.45) is 0 Å². The van der Waals surface area contributed by atoms with E-state index in [0.717, 1.165) is 11.4 Å². The van der Waals surface area contributed by atoms with Gasteiger partial charge >= 0.3 is 0 Å². The van der Waals surface area contributed by atoms with Crippen LogP contribution in [0.1, 0.15) is 36.5 Å². The lowest BCUT2D eigenvalue weighted by atomic mass is 10.0. The first-order valence-corrected chi connectivity index (χ1v) is 8.73. The van der Waals surface area contributed by atoms with Gasteiger partial charge in [-0.25, -0.2) is 0 Å². The van der Waals surface area contributed by atoms with Crippen molar-refractivity contribution in [1.82, 2.24) is 0 Å². The summed E-state index contributed by atoms with van der Waals surface area (Å²) in [5.41, 5.74) is 4.67. The van der Waals surface area contributed by atoms with Crippen LogP contribution in [0, 0.1) is 6.92 Å². The molecule has 0 saturated heterocycles. The number of hydrogen-bond acceptors (Lipinski definition) is 2. The minimum Gasteiger partial charge on any atom is -0.325 e. The molecule has 2 aromatic carbocycles. The molecule has 0 saturated carbocycles.